The highest BCUT2D eigenvalue weighted by Gasteiger charge is 2.20. The first kappa shape index (κ1) is 20.6. The smallest absolute Gasteiger partial charge is 0.321 e. The summed E-state index contributed by atoms with van der Waals surface area (Å²) in [5.74, 6) is 0.796. The Hall–Kier alpha value is -1.76. The summed E-state index contributed by atoms with van der Waals surface area (Å²) in [6.45, 7) is 5.58. The predicted octanol–water partition coefficient (Wildman–Crippen LogP) is 4.27. The van der Waals surface area contributed by atoms with Crippen LogP contribution in [0.25, 0.3) is 0 Å². The van der Waals surface area contributed by atoms with Crippen LogP contribution in [0.2, 0.25) is 0 Å². The molecule has 146 valence electrons. The van der Waals surface area contributed by atoms with Crippen LogP contribution in [0.5, 0.6) is 0 Å². The Morgan fingerprint density at radius 3 is 2.65 bits per heavy atom. The van der Waals surface area contributed by atoms with Crippen molar-refractivity contribution in [1.29, 1.82) is 0 Å². The van der Waals surface area contributed by atoms with Gasteiger partial charge in [-0.15, -0.1) is 0 Å². The van der Waals surface area contributed by atoms with Gasteiger partial charge in [-0.2, -0.15) is 0 Å². The molecular formula is C19H31N3O3S. The van der Waals surface area contributed by atoms with Crippen LogP contribution in [-0.4, -0.2) is 38.2 Å². The van der Waals surface area contributed by atoms with E-state index < -0.39 is 10.0 Å². The molecule has 1 heterocycles. The van der Waals surface area contributed by atoms with Crippen molar-refractivity contribution in [3.05, 3.63) is 24.3 Å². The number of sulfonamides is 1. The van der Waals surface area contributed by atoms with Gasteiger partial charge >= 0.3 is 6.03 Å². The highest BCUT2D eigenvalue weighted by atomic mass is 32.2. The minimum Gasteiger partial charge on any atom is -0.325 e. The van der Waals surface area contributed by atoms with Crippen LogP contribution in [0, 0.1) is 5.92 Å². The number of benzene rings is 1. The predicted molar refractivity (Wildman–Crippen MR) is 107 cm³/mol. The number of nitrogens with zero attached hydrogens (tertiary/aromatic N) is 1. The molecular weight excluding hydrogens is 350 g/mol. The Morgan fingerprint density at radius 2 is 1.92 bits per heavy atom. The van der Waals surface area contributed by atoms with Gasteiger partial charge in [0.05, 0.1) is 11.4 Å². The molecule has 1 aromatic carbocycles. The third kappa shape index (κ3) is 6.52. The molecule has 7 heteroatoms. The van der Waals surface area contributed by atoms with Crippen LogP contribution in [0.3, 0.4) is 0 Å². The Balaban J connectivity index is 1.95. The van der Waals surface area contributed by atoms with Gasteiger partial charge in [-0.1, -0.05) is 32.8 Å². The van der Waals surface area contributed by atoms with E-state index in [2.05, 4.69) is 17.0 Å². The zero-order chi connectivity index (χ0) is 19.0. The number of hydrogen-bond acceptors (Lipinski definition) is 3. The van der Waals surface area contributed by atoms with Crippen molar-refractivity contribution in [3.8, 4) is 0 Å². The minimum absolute atomic E-state index is 0.0797. The lowest BCUT2D eigenvalue weighted by Gasteiger charge is -2.21. The topological polar surface area (TPSA) is 78.5 Å². The van der Waals surface area contributed by atoms with Crippen LogP contribution in [0.15, 0.2) is 24.3 Å². The molecule has 2 amide bonds. The molecule has 2 N–H and O–H groups in total. The summed E-state index contributed by atoms with van der Waals surface area (Å²) in [4.78, 5) is 14.4. The van der Waals surface area contributed by atoms with Crippen LogP contribution in [0.4, 0.5) is 16.2 Å². The van der Waals surface area contributed by atoms with Gasteiger partial charge in [-0.25, -0.2) is 13.2 Å². The summed E-state index contributed by atoms with van der Waals surface area (Å²) in [7, 11) is -3.34. The standard InChI is InChI=1S/C19H31N3O3S/c1-3-7-16-8-6-12-22(13-11-16)19(23)20-17-9-5-10-18(15-17)21-26(24,25)14-4-2/h5,9-10,15-16,21H,3-4,6-8,11-14H2,1-2H3,(H,20,23). The van der Waals surface area contributed by atoms with Crippen LogP contribution in [0.1, 0.15) is 52.4 Å². The molecule has 0 aromatic heterocycles. The van der Waals surface area contributed by atoms with E-state index in [9.17, 15) is 13.2 Å². The first-order chi connectivity index (χ1) is 12.4. The van der Waals surface area contributed by atoms with E-state index in [1.807, 2.05) is 11.8 Å². The summed E-state index contributed by atoms with van der Waals surface area (Å²) in [5.41, 5.74) is 1.07. The number of amides is 2. The SMILES string of the molecule is CCCC1CCCN(C(=O)Nc2cccc(NS(=O)(=O)CCC)c2)CC1. The van der Waals surface area contributed by atoms with Crippen LogP contribution in [-0.2, 0) is 10.0 Å². The molecule has 1 aromatic rings. The molecule has 0 spiro atoms. The number of nitrogens with one attached hydrogen (secondary N) is 2. The van der Waals surface area contributed by atoms with Gasteiger partial charge in [-0.05, 0) is 49.8 Å². The van der Waals surface area contributed by atoms with E-state index in [0.29, 0.717) is 23.7 Å². The summed E-state index contributed by atoms with van der Waals surface area (Å²) in [6.07, 6.45) is 6.26. The van der Waals surface area contributed by atoms with Crippen LogP contribution < -0.4 is 10.0 Å². The van der Waals surface area contributed by atoms with E-state index in [4.69, 9.17) is 0 Å². The second-order valence-electron chi connectivity index (χ2n) is 7.00. The molecule has 0 bridgehead atoms. The number of anilines is 2. The van der Waals surface area contributed by atoms with Gasteiger partial charge in [0, 0.05) is 18.8 Å². The van der Waals surface area contributed by atoms with Crippen molar-refractivity contribution in [1.82, 2.24) is 4.90 Å². The molecule has 26 heavy (non-hydrogen) atoms. The zero-order valence-electron chi connectivity index (χ0n) is 15.8. The lowest BCUT2D eigenvalue weighted by atomic mass is 9.96. The molecule has 0 saturated carbocycles. The van der Waals surface area contributed by atoms with Crippen molar-refractivity contribution < 1.29 is 13.2 Å². The van der Waals surface area contributed by atoms with E-state index in [0.717, 1.165) is 25.9 Å². The fraction of sp³-hybridized carbons (Fsp3) is 0.632. The first-order valence-corrected chi connectivity index (χ1v) is 11.2. The number of carbonyl (C=O) groups is 1. The number of rotatable bonds is 7. The van der Waals surface area contributed by atoms with Gasteiger partial charge in [0.1, 0.15) is 0 Å². The summed E-state index contributed by atoms with van der Waals surface area (Å²) in [6, 6.07) is 6.73. The Kier molecular flexibility index (Phi) is 7.75. The van der Waals surface area contributed by atoms with Gasteiger partial charge < -0.3 is 10.2 Å². The monoisotopic (exact) mass is 381 g/mol. The molecule has 1 atom stereocenters. The molecule has 1 unspecified atom stereocenters. The van der Waals surface area contributed by atoms with E-state index in [1.54, 1.807) is 24.3 Å². The Labute approximate surface area is 157 Å². The lowest BCUT2D eigenvalue weighted by Crippen LogP contribution is -2.35. The second kappa shape index (κ2) is 9.80. The lowest BCUT2D eigenvalue weighted by molar-refractivity contribution is 0.213. The van der Waals surface area contributed by atoms with E-state index >= 15 is 0 Å². The van der Waals surface area contributed by atoms with Gasteiger partial charge in [0.15, 0.2) is 0 Å². The van der Waals surface area contributed by atoms with Crippen molar-refractivity contribution in [2.75, 3.05) is 28.9 Å². The summed E-state index contributed by atoms with van der Waals surface area (Å²) in [5, 5.41) is 2.90. The highest BCUT2D eigenvalue weighted by Crippen LogP contribution is 2.23. The zero-order valence-corrected chi connectivity index (χ0v) is 16.6. The third-order valence-corrected chi connectivity index (χ3v) is 6.18. The molecule has 1 saturated heterocycles. The van der Waals surface area contributed by atoms with Crippen molar-refractivity contribution in [2.45, 2.75) is 52.4 Å². The fourth-order valence-corrected chi connectivity index (χ4v) is 4.55. The van der Waals surface area contributed by atoms with E-state index in [1.165, 1.54) is 19.3 Å². The fourth-order valence-electron chi connectivity index (χ4n) is 3.43. The normalized spacial score (nSPS) is 18.2. The summed E-state index contributed by atoms with van der Waals surface area (Å²) < 4.78 is 26.3. The minimum atomic E-state index is -3.34. The first-order valence-electron chi connectivity index (χ1n) is 9.60. The quantitative estimate of drug-likeness (QED) is 0.740. The number of hydrogen-bond donors (Lipinski definition) is 2. The molecule has 0 radical (unpaired) electrons. The maximum Gasteiger partial charge on any atom is 0.321 e. The summed E-state index contributed by atoms with van der Waals surface area (Å²) >= 11 is 0. The van der Waals surface area contributed by atoms with Crippen molar-refractivity contribution >= 4 is 27.4 Å². The van der Waals surface area contributed by atoms with Crippen molar-refractivity contribution in [3.63, 3.8) is 0 Å². The molecule has 0 aliphatic carbocycles. The maximum atomic E-state index is 12.6. The van der Waals surface area contributed by atoms with Crippen LogP contribution >= 0.6 is 0 Å². The number of likely N-dealkylation sites (tertiary alicyclic amines) is 1. The second-order valence-corrected chi connectivity index (χ2v) is 8.85. The molecule has 2 rings (SSSR count). The number of urea groups is 1. The van der Waals surface area contributed by atoms with Gasteiger partial charge in [0.2, 0.25) is 10.0 Å². The Morgan fingerprint density at radius 1 is 1.15 bits per heavy atom. The molecule has 1 aliphatic rings. The largest absolute Gasteiger partial charge is 0.325 e. The van der Waals surface area contributed by atoms with E-state index in [-0.39, 0.29) is 11.8 Å². The number of carbonyl (C=O) groups excluding carboxylic acids is 1. The highest BCUT2D eigenvalue weighted by molar-refractivity contribution is 7.92. The molecule has 1 aliphatic heterocycles. The van der Waals surface area contributed by atoms with Gasteiger partial charge in [-0.3, -0.25) is 4.72 Å². The van der Waals surface area contributed by atoms with Crippen molar-refractivity contribution in [2.24, 2.45) is 5.92 Å². The average Bonchev–Trinajstić information content (AvgIpc) is 2.80. The maximum absolute atomic E-state index is 12.6. The van der Waals surface area contributed by atoms with Gasteiger partial charge in [0.25, 0.3) is 0 Å². The third-order valence-electron chi connectivity index (χ3n) is 4.69. The average molecular weight is 382 g/mol. The molecule has 6 nitrogen and oxygen atoms in total. The molecule has 1 fully saturated rings. The Bertz CT molecular complexity index is 691.